The van der Waals surface area contributed by atoms with Crippen LogP contribution >= 0.6 is 0 Å². The van der Waals surface area contributed by atoms with Crippen LogP contribution in [-0.4, -0.2) is 11.7 Å². The molecule has 0 spiro atoms. The van der Waals surface area contributed by atoms with Crippen molar-refractivity contribution in [1.29, 1.82) is 0 Å². The van der Waals surface area contributed by atoms with Crippen molar-refractivity contribution in [2.24, 2.45) is 5.92 Å². The molecule has 0 heterocycles. The van der Waals surface area contributed by atoms with Gasteiger partial charge >= 0.3 is 0 Å². The topological polar surface area (TPSA) is 20.2 Å². The van der Waals surface area contributed by atoms with Crippen LogP contribution in [0.2, 0.25) is 0 Å². The van der Waals surface area contributed by atoms with Gasteiger partial charge in [0.1, 0.15) is 0 Å². The Morgan fingerprint density at radius 2 is 2.50 bits per heavy atom. The summed E-state index contributed by atoms with van der Waals surface area (Å²) in [4.78, 5) is 0. The van der Waals surface area contributed by atoms with Crippen LogP contribution in [0, 0.1) is 5.92 Å². The van der Waals surface area contributed by atoms with Crippen molar-refractivity contribution in [3.05, 3.63) is 23.8 Å². The van der Waals surface area contributed by atoms with E-state index in [1.165, 1.54) is 5.57 Å². The van der Waals surface area contributed by atoms with Crippen LogP contribution in [0.3, 0.4) is 0 Å². The fourth-order valence-electron chi connectivity index (χ4n) is 1.09. The number of hydrogen-bond donors (Lipinski definition) is 1. The minimum atomic E-state index is 0.268. The van der Waals surface area contributed by atoms with Crippen molar-refractivity contribution in [1.82, 2.24) is 0 Å². The number of aliphatic hydroxyl groups is 1. The molecule has 0 saturated heterocycles. The summed E-state index contributed by atoms with van der Waals surface area (Å²) in [6, 6.07) is 0. The Hall–Kier alpha value is -0.560. The van der Waals surface area contributed by atoms with Gasteiger partial charge in [0, 0.05) is 6.61 Å². The van der Waals surface area contributed by atoms with Crippen LogP contribution < -0.4 is 0 Å². The molecule has 1 aliphatic carbocycles. The second-order valence-corrected chi connectivity index (χ2v) is 2.82. The molecule has 10 heavy (non-hydrogen) atoms. The highest BCUT2D eigenvalue weighted by Crippen LogP contribution is 2.16. The molecule has 0 fully saturated rings. The van der Waals surface area contributed by atoms with Crippen molar-refractivity contribution in [2.45, 2.75) is 19.8 Å². The van der Waals surface area contributed by atoms with Crippen molar-refractivity contribution in [2.75, 3.05) is 6.61 Å². The first kappa shape index (κ1) is 7.55. The smallest absolute Gasteiger partial charge is 0.0471 e. The van der Waals surface area contributed by atoms with Crippen LogP contribution in [0.5, 0.6) is 0 Å². The maximum atomic E-state index is 8.61. The van der Waals surface area contributed by atoms with Crippen LogP contribution in [0.1, 0.15) is 19.8 Å². The predicted octanol–water partition coefficient (Wildman–Crippen LogP) is 1.89. The zero-order chi connectivity index (χ0) is 7.40. The number of rotatable bonds is 2. The fraction of sp³-hybridized carbons (Fsp3) is 0.556. The Morgan fingerprint density at radius 1 is 1.70 bits per heavy atom. The normalized spacial score (nSPS) is 24.6. The molecule has 1 aliphatic rings. The predicted molar refractivity (Wildman–Crippen MR) is 42.7 cm³/mol. The van der Waals surface area contributed by atoms with Crippen LogP contribution in [0.4, 0.5) is 0 Å². The average molecular weight is 138 g/mol. The van der Waals surface area contributed by atoms with Crippen LogP contribution in [0.25, 0.3) is 0 Å². The average Bonchev–Trinajstić information content (AvgIpc) is 1.95. The van der Waals surface area contributed by atoms with E-state index in [-0.39, 0.29) is 6.61 Å². The van der Waals surface area contributed by atoms with E-state index in [4.69, 9.17) is 5.11 Å². The second-order valence-electron chi connectivity index (χ2n) is 2.82. The van der Waals surface area contributed by atoms with Gasteiger partial charge in [-0.1, -0.05) is 30.7 Å². The molecule has 0 aliphatic heterocycles. The maximum absolute atomic E-state index is 8.61. The summed E-state index contributed by atoms with van der Waals surface area (Å²) in [5, 5.41) is 8.61. The van der Waals surface area contributed by atoms with Crippen molar-refractivity contribution in [3.8, 4) is 0 Å². The number of allylic oxidation sites excluding steroid dienone is 3. The van der Waals surface area contributed by atoms with E-state index in [1.807, 2.05) is 0 Å². The Balaban J connectivity index is 2.42. The second kappa shape index (κ2) is 3.57. The van der Waals surface area contributed by atoms with Gasteiger partial charge in [-0.2, -0.15) is 0 Å². The molecule has 0 amide bonds. The maximum Gasteiger partial charge on any atom is 0.0471 e. The molecule has 0 radical (unpaired) electrons. The molecule has 1 N–H and O–H groups in total. The monoisotopic (exact) mass is 138 g/mol. The van der Waals surface area contributed by atoms with Gasteiger partial charge in [-0.25, -0.2) is 0 Å². The van der Waals surface area contributed by atoms with Crippen LogP contribution in [-0.2, 0) is 0 Å². The summed E-state index contributed by atoms with van der Waals surface area (Å²) in [5.41, 5.74) is 1.28. The molecule has 0 saturated carbocycles. The van der Waals surface area contributed by atoms with E-state index >= 15 is 0 Å². The third-order valence-corrected chi connectivity index (χ3v) is 1.79. The standard InChI is InChI=1S/C9H14O/c1-8-2-4-9(5-3-8)6-7-10/h2,4-5,8,10H,3,6-7H2,1H3. The van der Waals surface area contributed by atoms with E-state index in [0.29, 0.717) is 5.92 Å². The summed E-state index contributed by atoms with van der Waals surface area (Å²) in [6.07, 6.45) is 8.46. The quantitative estimate of drug-likeness (QED) is 0.617. The lowest BCUT2D eigenvalue weighted by Crippen LogP contribution is -1.95. The van der Waals surface area contributed by atoms with Gasteiger partial charge in [0.2, 0.25) is 0 Å². The fourth-order valence-corrected chi connectivity index (χ4v) is 1.09. The van der Waals surface area contributed by atoms with Crippen molar-refractivity contribution >= 4 is 0 Å². The molecule has 56 valence electrons. The third-order valence-electron chi connectivity index (χ3n) is 1.79. The van der Waals surface area contributed by atoms with Gasteiger partial charge in [-0.3, -0.25) is 0 Å². The highest BCUT2D eigenvalue weighted by molar-refractivity contribution is 5.23. The highest BCUT2D eigenvalue weighted by atomic mass is 16.2. The molecular weight excluding hydrogens is 124 g/mol. The Bertz CT molecular complexity index is 156. The highest BCUT2D eigenvalue weighted by Gasteiger charge is 2.01. The largest absolute Gasteiger partial charge is 0.396 e. The zero-order valence-electron chi connectivity index (χ0n) is 6.38. The van der Waals surface area contributed by atoms with E-state index in [9.17, 15) is 0 Å². The molecule has 0 aromatic heterocycles. The van der Waals surface area contributed by atoms with E-state index in [2.05, 4.69) is 25.2 Å². The van der Waals surface area contributed by atoms with E-state index in [1.54, 1.807) is 0 Å². The summed E-state index contributed by atoms with van der Waals surface area (Å²) in [5.74, 6) is 0.683. The Morgan fingerprint density at radius 3 is 3.00 bits per heavy atom. The van der Waals surface area contributed by atoms with Crippen molar-refractivity contribution < 1.29 is 5.11 Å². The van der Waals surface area contributed by atoms with Gasteiger partial charge in [0.15, 0.2) is 0 Å². The Labute approximate surface area is 62.1 Å². The molecule has 0 aromatic carbocycles. The zero-order valence-corrected chi connectivity index (χ0v) is 6.38. The van der Waals surface area contributed by atoms with E-state index < -0.39 is 0 Å². The molecular formula is C9H14O. The summed E-state index contributed by atoms with van der Waals surface area (Å²) in [7, 11) is 0. The van der Waals surface area contributed by atoms with Gasteiger partial charge < -0.3 is 5.11 Å². The minimum Gasteiger partial charge on any atom is -0.396 e. The Kier molecular flexibility index (Phi) is 2.69. The van der Waals surface area contributed by atoms with Crippen molar-refractivity contribution in [3.63, 3.8) is 0 Å². The molecule has 1 heteroatoms. The molecule has 1 nitrogen and oxygen atoms in total. The summed E-state index contributed by atoms with van der Waals surface area (Å²) >= 11 is 0. The molecule has 0 aromatic rings. The molecule has 0 bridgehead atoms. The molecule has 1 atom stereocenters. The first-order chi connectivity index (χ1) is 4.83. The molecule has 1 unspecified atom stereocenters. The lowest BCUT2D eigenvalue weighted by atomic mass is 9.97. The van der Waals surface area contributed by atoms with Gasteiger partial charge in [-0.05, 0) is 18.8 Å². The van der Waals surface area contributed by atoms with Crippen LogP contribution in [0.15, 0.2) is 23.8 Å². The van der Waals surface area contributed by atoms with Gasteiger partial charge in [-0.15, -0.1) is 0 Å². The lowest BCUT2D eigenvalue weighted by Gasteiger charge is -2.09. The first-order valence-corrected chi connectivity index (χ1v) is 3.81. The summed E-state index contributed by atoms with van der Waals surface area (Å²) < 4.78 is 0. The van der Waals surface area contributed by atoms with Gasteiger partial charge in [0.05, 0.1) is 0 Å². The number of hydrogen-bond acceptors (Lipinski definition) is 1. The van der Waals surface area contributed by atoms with E-state index in [0.717, 1.165) is 12.8 Å². The first-order valence-electron chi connectivity index (χ1n) is 3.81. The lowest BCUT2D eigenvalue weighted by molar-refractivity contribution is 0.300. The minimum absolute atomic E-state index is 0.268. The summed E-state index contributed by atoms with van der Waals surface area (Å²) in [6.45, 7) is 2.47. The third kappa shape index (κ3) is 1.99. The SMILES string of the molecule is CC1C=CC(CCO)=CC1. The molecule has 1 rings (SSSR count). The van der Waals surface area contributed by atoms with Gasteiger partial charge in [0.25, 0.3) is 0 Å². The number of aliphatic hydroxyl groups excluding tert-OH is 1.